The van der Waals surface area contributed by atoms with Gasteiger partial charge in [-0.15, -0.1) is 0 Å². The zero-order valence-corrected chi connectivity index (χ0v) is 17.9. The standard InChI is InChI=1S/C23H26FN3O4/c1-23(16-4-6-17(24)7-5-16)15-27(8-9-31-23)20-14-25-26-19-13-21(29-3)22(12-18(19)20)30-11-10-28-2/h4-7,12-14H,8-11,15H2,1-3H3. The molecule has 0 spiro atoms. The van der Waals surface area contributed by atoms with E-state index in [1.807, 2.05) is 19.1 Å². The minimum atomic E-state index is -0.578. The van der Waals surface area contributed by atoms with Crippen molar-refractivity contribution < 1.29 is 23.3 Å². The minimum Gasteiger partial charge on any atom is -0.493 e. The Labute approximate surface area is 180 Å². The molecule has 1 atom stereocenters. The number of anilines is 1. The van der Waals surface area contributed by atoms with E-state index < -0.39 is 5.60 Å². The lowest BCUT2D eigenvalue weighted by molar-refractivity contribution is -0.0465. The molecule has 7 nitrogen and oxygen atoms in total. The Bertz CT molecular complexity index is 1050. The summed E-state index contributed by atoms with van der Waals surface area (Å²) < 4.78 is 35.9. The van der Waals surface area contributed by atoms with Crippen molar-refractivity contribution in [3.05, 3.63) is 54.0 Å². The maximum atomic E-state index is 13.4. The number of methoxy groups -OCH3 is 2. The average Bonchev–Trinajstić information content (AvgIpc) is 2.78. The predicted octanol–water partition coefficient (Wildman–Crippen LogP) is 3.55. The first-order chi connectivity index (χ1) is 15.0. The quantitative estimate of drug-likeness (QED) is 0.534. The highest BCUT2D eigenvalue weighted by Crippen LogP contribution is 2.38. The van der Waals surface area contributed by atoms with Gasteiger partial charge < -0.3 is 23.8 Å². The SMILES string of the molecule is COCCOc1cc2c(N3CCOC(C)(c4ccc(F)cc4)C3)cnnc2cc1OC. The van der Waals surface area contributed by atoms with Gasteiger partial charge in [0.05, 0.1) is 44.3 Å². The van der Waals surface area contributed by atoms with Crippen LogP contribution in [0.4, 0.5) is 10.1 Å². The summed E-state index contributed by atoms with van der Waals surface area (Å²) in [6, 6.07) is 10.2. The van der Waals surface area contributed by atoms with Gasteiger partial charge in [-0.3, -0.25) is 0 Å². The summed E-state index contributed by atoms with van der Waals surface area (Å²) in [5.74, 6) is 0.948. The fourth-order valence-electron chi connectivity index (χ4n) is 3.86. The van der Waals surface area contributed by atoms with E-state index in [1.54, 1.807) is 32.5 Å². The Balaban J connectivity index is 1.69. The molecule has 31 heavy (non-hydrogen) atoms. The van der Waals surface area contributed by atoms with Gasteiger partial charge in [-0.2, -0.15) is 10.2 Å². The van der Waals surface area contributed by atoms with Crippen molar-refractivity contribution in [1.29, 1.82) is 0 Å². The molecule has 0 radical (unpaired) electrons. The predicted molar refractivity (Wildman–Crippen MR) is 115 cm³/mol. The van der Waals surface area contributed by atoms with E-state index in [9.17, 15) is 4.39 Å². The molecule has 4 rings (SSSR count). The topological polar surface area (TPSA) is 65.9 Å². The first-order valence-electron chi connectivity index (χ1n) is 10.1. The Morgan fingerprint density at radius 1 is 1.13 bits per heavy atom. The van der Waals surface area contributed by atoms with E-state index in [0.29, 0.717) is 49.9 Å². The molecule has 3 aromatic rings. The molecule has 0 N–H and O–H groups in total. The third-order valence-corrected chi connectivity index (χ3v) is 5.52. The van der Waals surface area contributed by atoms with Gasteiger partial charge >= 0.3 is 0 Å². The summed E-state index contributed by atoms with van der Waals surface area (Å²) in [5.41, 5.74) is 1.99. The molecule has 2 heterocycles. The van der Waals surface area contributed by atoms with Gasteiger partial charge in [0.1, 0.15) is 18.0 Å². The number of nitrogens with zero attached hydrogens (tertiary/aromatic N) is 3. The lowest BCUT2D eigenvalue weighted by Crippen LogP contribution is -2.48. The number of fused-ring (bicyclic) bond motifs is 1. The van der Waals surface area contributed by atoms with Gasteiger partial charge in [0.25, 0.3) is 0 Å². The van der Waals surface area contributed by atoms with Crippen LogP contribution in [0, 0.1) is 5.82 Å². The summed E-state index contributed by atoms with van der Waals surface area (Å²) >= 11 is 0. The van der Waals surface area contributed by atoms with Crippen LogP contribution in [0.25, 0.3) is 10.9 Å². The van der Waals surface area contributed by atoms with E-state index in [0.717, 1.165) is 16.6 Å². The van der Waals surface area contributed by atoms with Crippen LogP contribution in [-0.4, -0.2) is 57.3 Å². The molecule has 1 fully saturated rings. The monoisotopic (exact) mass is 427 g/mol. The molecular formula is C23H26FN3O4. The molecular weight excluding hydrogens is 401 g/mol. The van der Waals surface area contributed by atoms with Gasteiger partial charge in [-0.25, -0.2) is 4.39 Å². The number of morpholine rings is 1. The van der Waals surface area contributed by atoms with Crippen LogP contribution < -0.4 is 14.4 Å². The zero-order valence-electron chi connectivity index (χ0n) is 17.9. The maximum absolute atomic E-state index is 13.4. The third kappa shape index (κ3) is 4.40. The number of ether oxygens (including phenoxy) is 4. The Morgan fingerprint density at radius 3 is 2.68 bits per heavy atom. The van der Waals surface area contributed by atoms with E-state index in [4.69, 9.17) is 18.9 Å². The van der Waals surface area contributed by atoms with Crippen LogP contribution in [0.2, 0.25) is 0 Å². The van der Waals surface area contributed by atoms with E-state index in [2.05, 4.69) is 15.1 Å². The van der Waals surface area contributed by atoms with Gasteiger partial charge in [0.15, 0.2) is 11.5 Å². The number of hydrogen-bond donors (Lipinski definition) is 0. The molecule has 1 aromatic heterocycles. The molecule has 1 aliphatic heterocycles. The van der Waals surface area contributed by atoms with Crippen LogP contribution in [0.5, 0.6) is 11.5 Å². The lowest BCUT2D eigenvalue weighted by Gasteiger charge is -2.42. The first-order valence-corrected chi connectivity index (χ1v) is 10.1. The first kappa shape index (κ1) is 21.3. The largest absolute Gasteiger partial charge is 0.493 e. The second-order valence-corrected chi connectivity index (χ2v) is 7.60. The molecule has 0 saturated carbocycles. The Morgan fingerprint density at radius 2 is 1.94 bits per heavy atom. The number of halogens is 1. The van der Waals surface area contributed by atoms with Crippen molar-refractivity contribution in [2.75, 3.05) is 52.0 Å². The molecule has 164 valence electrons. The fraction of sp³-hybridized carbons (Fsp3) is 0.391. The number of hydrogen-bond acceptors (Lipinski definition) is 7. The van der Waals surface area contributed by atoms with Crippen LogP contribution in [0.3, 0.4) is 0 Å². The second kappa shape index (κ2) is 9.03. The lowest BCUT2D eigenvalue weighted by atomic mass is 9.93. The zero-order chi connectivity index (χ0) is 21.8. The summed E-state index contributed by atoms with van der Waals surface area (Å²) in [6.45, 7) is 4.72. The van der Waals surface area contributed by atoms with Crippen LogP contribution in [0.15, 0.2) is 42.6 Å². The smallest absolute Gasteiger partial charge is 0.163 e. The second-order valence-electron chi connectivity index (χ2n) is 7.60. The number of benzene rings is 2. The van der Waals surface area contributed by atoms with E-state index >= 15 is 0 Å². The molecule has 8 heteroatoms. The molecule has 0 aliphatic carbocycles. The highest BCUT2D eigenvalue weighted by Gasteiger charge is 2.34. The summed E-state index contributed by atoms with van der Waals surface area (Å²) in [6.07, 6.45) is 1.75. The van der Waals surface area contributed by atoms with Crippen LogP contribution in [0.1, 0.15) is 12.5 Å². The molecule has 1 aliphatic rings. The van der Waals surface area contributed by atoms with Gasteiger partial charge in [-0.05, 0) is 30.7 Å². The minimum absolute atomic E-state index is 0.265. The van der Waals surface area contributed by atoms with Crippen molar-refractivity contribution in [3.63, 3.8) is 0 Å². The van der Waals surface area contributed by atoms with Crippen molar-refractivity contribution in [2.45, 2.75) is 12.5 Å². The van der Waals surface area contributed by atoms with Crippen molar-refractivity contribution >= 4 is 16.6 Å². The molecule has 0 bridgehead atoms. The van der Waals surface area contributed by atoms with E-state index in [1.165, 1.54) is 12.1 Å². The van der Waals surface area contributed by atoms with Crippen LogP contribution in [-0.2, 0) is 15.1 Å². The van der Waals surface area contributed by atoms with Crippen LogP contribution >= 0.6 is 0 Å². The number of aromatic nitrogens is 2. The molecule has 1 saturated heterocycles. The summed E-state index contributed by atoms with van der Waals surface area (Å²) in [4.78, 5) is 2.22. The van der Waals surface area contributed by atoms with Gasteiger partial charge in [0, 0.05) is 25.1 Å². The highest BCUT2D eigenvalue weighted by atomic mass is 19.1. The normalized spacial score (nSPS) is 18.9. The maximum Gasteiger partial charge on any atom is 0.163 e. The Kier molecular flexibility index (Phi) is 6.20. The average molecular weight is 427 g/mol. The van der Waals surface area contributed by atoms with Crippen molar-refractivity contribution in [1.82, 2.24) is 10.2 Å². The highest BCUT2D eigenvalue weighted by molar-refractivity contribution is 5.93. The fourth-order valence-corrected chi connectivity index (χ4v) is 3.86. The van der Waals surface area contributed by atoms with E-state index in [-0.39, 0.29) is 5.82 Å². The summed E-state index contributed by atoms with van der Waals surface area (Å²) in [5, 5.41) is 9.39. The van der Waals surface area contributed by atoms with Crippen molar-refractivity contribution in [3.8, 4) is 11.5 Å². The third-order valence-electron chi connectivity index (χ3n) is 5.52. The Hall–Kier alpha value is -2.97. The molecule has 2 aromatic carbocycles. The molecule has 0 amide bonds. The number of rotatable bonds is 7. The molecule has 1 unspecified atom stereocenters. The van der Waals surface area contributed by atoms with Gasteiger partial charge in [-0.1, -0.05) is 12.1 Å². The summed E-state index contributed by atoms with van der Waals surface area (Å²) in [7, 11) is 3.23. The van der Waals surface area contributed by atoms with Gasteiger partial charge in [0.2, 0.25) is 0 Å². The van der Waals surface area contributed by atoms with Crippen molar-refractivity contribution in [2.24, 2.45) is 0 Å².